The molecule has 0 saturated heterocycles. The van der Waals surface area contributed by atoms with E-state index in [0.29, 0.717) is 24.3 Å². The number of hydrogen-bond donors (Lipinski definition) is 2. The van der Waals surface area contributed by atoms with Crippen molar-refractivity contribution in [1.82, 2.24) is 0 Å². The van der Waals surface area contributed by atoms with Gasteiger partial charge in [0.25, 0.3) is 0 Å². The van der Waals surface area contributed by atoms with Crippen LogP contribution < -0.4 is 4.74 Å². The van der Waals surface area contributed by atoms with E-state index >= 15 is 0 Å². The molecule has 39 heavy (non-hydrogen) atoms. The number of carbonyl (C=O) groups is 1. The molecule has 2 aliphatic carbocycles. The number of benzene rings is 1. The lowest BCUT2D eigenvalue weighted by molar-refractivity contribution is -0.162. The minimum Gasteiger partial charge on any atom is -0.507 e. The summed E-state index contributed by atoms with van der Waals surface area (Å²) in [7, 11) is -4.47. The molecular weight excluding hydrogens is 515 g/mol. The number of phosphoric ester groups is 1. The first-order valence-electron chi connectivity index (χ1n) is 14.5. The van der Waals surface area contributed by atoms with E-state index < -0.39 is 19.4 Å². The van der Waals surface area contributed by atoms with E-state index in [1.807, 2.05) is 26.8 Å². The average Bonchev–Trinajstić information content (AvgIpc) is 2.81. The number of esters is 1. The van der Waals surface area contributed by atoms with E-state index in [9.17, 15) is 19.4 Å². The van der Waals surface area contributed by atoms with E-state index in [0.717, 1.165) is 49.7 Å². The Balaban J connectivity index is 1.95. The highest BCUT2D eigenvalue weighted by atomic mass is 31.2. The third-order valence-corrected chi connectivity index (χ3v) is 9.03. The van der Waals surface area contributed by atoms with E-state index in [1.165, 1.54) is 5.57 Å². The Morgan fingerprint density at radius 2 is 1.97 bits per heavy atom. The van der Waals surface area contributed by atoms with Crippen LogP contribution in [0.4, 0.5) is 0 Å². The summed E-state index contributed by atoms with van der Waals surface area (Å²) < 4.78 is 29.4. The second kappa shape index (κ2) is 13.6. The van der Waals surface area contributed by atoms with Crippen molar-refractivity contribution >= 4 is 13.8 Å². The number of unbranched alkanes of at least 4 members (excludes halogenated alkanes) is 2. The third kappa shape index (κ3) is 8.29. The highest BCUT2D eigenvalue weighted by molar-refractivity contribution is 7.47. The van der Waals surface area contributed by atoms with Crippen LogP contribution in [0.5, 0.6) is 11.5 Å². The lowest BCUT2D eigenvalue weighted by Gasteiger charge is -2.39. The van der Waals surface area contributed by atoms with Crippen LogP contribution in [0.3, 0.4) is 0 Å². The Labute approximate surface area is 234 Å². The predicted octanol–water partition coefficient (Wildman–Crippen LogP) is 8.15. The van der Waals surface area contributed by atoms with Gasteiger partial charge in [-0.15, -0.1) is 0 Å². The standard InChI is InChI=1S/C31H47O7P/c1-7-8-9-11-24-19-27(32)29(26-18-23(6)12-13-25(26)22(4)5)28(20-24)37-30(33)31(15-10-16-31)38-39(34,35)36-17-14-21(2)3/h18-21,25-26,32H,4,7-17H2,1-3,5-6H3,(H,34,35)/t25-,26+/m0/s1. The Bertz CT molecular complexity index is 1100. The number of phenolic OH excluding ortho intramolecular Hbond substituents is 1. The molecule has 1 saturated carbocycles. The van der Waals surface area contributed by atoms with E-state index in [4.69, 9.17) is 13.8 Å². The fraction of sp³-hybridized carbons (Fsp3) is 0.645. The van der Waals surface area contributed by atoms with E-state index in [1.54, 1.807) is 6.07 Å². The Morgan fingerprint density at radius 3 is 2.56 bits per heavy atom. The van der Waals surface area contributed by atoms with E-state index in [-0.39, 0.29) is 42.8 Å². The normalized spacial score (nSPS) is 22.1. The lowest BCUT2D eigenvalue weighted by Crippen LogP contribution is -2.49. The molecule has 1 unspecified atom stereocenters. The molecular formula is C31H47O7P. The van der Waals surface area contributed by atoms with Gasteiger partial charge in [-0.05, 0) is 94.7 Å². The number of allylic oxidation sites excluding steroid dienone is 3. The fourth-order valence-electron chi connectivity index (χ4n) is 5.39. The molecule has 0 amide bonds. The van der Waals surface area contributed by atoms with Crippen LogP contribution in [-0.2, 0) is 24.8 Å². The fourth-order valence-corrected chi connectivity index (χ4v) is 6.48. The second-order valence-corrected chi connectivity index (χ2v) is 13.2. The summed E-state index contributed by atoms with van der Waals surface area (Å²) in [5.41, 5.74) is 2.08. The van der Waals surface area contributed by atoms with Crippen LogP contribution in [0.25, 0.3) is 0 Å². The van der Waals surface area contributed by atoms with Gasteiger partial charge in [0.2, 0.25) is 0 Å². The first kappa shape index (κ1) is 31.6. The summed E-state index contributed by atoms with van der Waals surface area (Å²) in [6.07, 6.45) is 9.57. The van der Waals surface area contributed by atoms with Crippen LogP contribution in [-0.4, -0.2) is 28.2 Å². The van der Waals surface area contributed by atoms with Crippen molar-refractivity contribution in [3.8, 4) is 11.5 Å². The Hall–Kier alpha value is -1.92. The zero-order valence-electron chi connectivity index (χ0n) is 24.3. The van der Waals surface area contributed by atoms with Crippen molar-refractivity contribution in [1.29, 1.82) is 0 Å². The molecule has 2 aliphatic rings. The summed E-state index contributed by atoms with van der Waals surface area (Å²) in [5, 5.41) is 11.3. The van der Waals surface area contributed by atoms with Crippen molar-refractivity contribution in [2.45, 2.75) is 110 Å². The minimum atomic E-state index is -4.47. The smallest absolute Gasteiger partial charge is 0.473 e. The zero-order chi connectivity index (χ0) is 28.8. The molecule has 3 rings (SSSR count). The van der Waals surface area contributed by atoms with Gasteiger partial charge in [0.05, 0.1) is 6.61 Å². The van der Waals surface area contributed by atoms with Crippen LogP contribution >= 0.6 is 7.82 Å². The number of carbonyl (C=O) groups excluding carboxylic acids is 1. The summed E-state index contributed by atoms with van der Waals surface area (Å²) in [4.78, 5) is 24.0. The lowest BCUT2D eigenvalue weighted by atomic mass is 9.73. The molecule has 1 aromatic carbocycles. The number of aromatic hydroxyl groups is 1. The van der Waals surface area contributed by atoms with Gasteiger partial charge >= 0.3 is 13.8 Å². The molecule has 2 N–H and O–H groups in total. The van der Waals surface area contributed by atoms with Crippen LogP contribution in [0.1, 0.15) is 109 Å². The highest BCUT2D eigenvalue weighted by Gasteiger charge is 2.52. The van der Waals surface area contributed by atoms with Gasteiger partial charge in [-0.2, -0.15) is 0 Å². The maximum Gasteiger partial charge on any atom is 0.473 e. The quantitative estimate of drug-likeness (QED) is 0.0775. The summed E-state index contributed by atoms with van der Waals surface area (Å²) in [6.45, 7) is 14.4. The average molecular weight is 563 g/mol. The number of hydrogen-bond acceptors (Lipinski definition) is 6. The monoisotopic (exact) mass is 562 g/mol. The number of ether oxygens (including phenoxy) is 1. The topological polar surface area (TPSA) is 102 Å². The highest BCUT2D eigenvalue weighted by Crippen LogP contribution is 2.54. The third-order valence-electron chi connectivity index (χ3n) is 7.94. The summed E-state index contributed by atoms with van der Waals surface area (Å²) in [6, 6.07) is 3.61. The first-order chi connectivity index (χ1) is 18.4. The van der Waals surface area contributed by atoms with Crippen LogP contribution in [0.2, 0.25) is 0 Å². The number of phosphoric acid groups is 1. The SMILES string of the molecule is C=C(C)[C@@H]1CCC(C)=C[C@H]1c1c(O)cc(CCCCC)cc1OC(=O)C1(OP(=O)(O)OCCC(C)C)CCC1. The molecule has 7 nitrogen and oxygen atoms in total. The first-order valence-corrected chi connectivity index (χ1v) is 16.0. The summed E-state index contributed by atoms with van der Waals surface area (Å²) >= 11 is 0. The number of aryl methyl sites for hydroxylation is 1. The van der Waals surface area contributed by atoms with Crippen LogP contribution in [0, 0.1) is 11.8 Å². The van der Waals surface area contributed by atoms with Crippen molar-refractivity contribution in [2.24, 2.45) is 11.8 Å². The molecule has 0 heterocycles. The predicted molar refractivity (Wildman–Crippen MR) is 154 cm³/mol. The van der Waals surface area contributed by atoms with Gasteiger partial charge in [-0.1, -0.05) is 57.4 Å². The van der Waals surface area contributed by atoms with Gasteiger partial charge in [-0.25, -0.2) is 9.36 Å². The van der Waals surface area contributed by atoms with Crippen molar-refractivity contribution in [3.63, 3.8) is 0 Å². The molecule has 0 aromatic heterocycles. The van der Waals surface area contributed by atoms with Crippen molar-refractivity contribution < 1.29 is 33.1 Å². The Kier molecular flexibility index (Phi) is 11.0. The minimum absolute atomic E-state index is 0.0596. The summed E-state index contributed by atoms with van der Waals surface area (Å²) in [5.74, 6) is -0.192. The maximum atomic E-state index is 13.6. The molecule has 0 bridgehead atoms. The Morgan fingerprint density at radius 1 is 1.26 bits per heavy atom. The van der Waals surface area contributed by atoms with Crippen molar-refractivity contribution in [2.75, 3.05) is 6.61 Å². The van der Waals surface area contributed by atoms with Crippen LogP contribution in [0.15, 0.2) is 35.9 Å². The zero-order valence-corrected chi connectivity index (χ0v) is 25.2. The van der Waals surface area contributed by atoms with Crippen molar-refractivity contribution in [3.05, 3.63) is 47.1 Å². The molecule has 8 heteroatoms. The van der Waals surface area contributed by atoms with Gasteiger partial charge in [-0.3, -0.25) is 9.05 Å². The van der Waals surface area contributed by atoms with Gasteiger partial charge < -0.3 is 14.7 Å². The number of rotatable bonds is 14. The molecule has 218 valence electrons. The largest absolute Gasteiger partial charge is 0.507 e. The second-order valence-electron chi connectivity index (χ2n) is 11.8. The number of phenols is 1. The van der Waals surface area contributed by atoms with Gasteiger partial charge in [0.1, 0.15) is 11.5 Å². The van der Waals surface area contributed by atoms with E-state index in [2.05, 4.69) is 26.5 Å². The molecule has 1 fully saturated rings. The maximum absolute atomic E-state index is 13.6. The molecule has 1 aromatic rings. The molecule has 0 radical (unpaired) electrons. The molecule has 3 atom stereocenters. The molecule has 0 spiro atoms. The van der Waals surface area contributed by atoms with Gasteiger partial charge in [0.15, 0.2) is 5.60 Å². The molecule has 0 aliphatic heterocycles. The van der Waals surface area contributed by atoms with Gasteiger partial charge in [0, 0.05) is 11.5 Å².